The van der Waals surface area contributed by atoms with Crippen molar-refractivity contribution in [2.24, 2.45) is 0 Å². The lowest BCUT2D eigenvalue weighted by Gasteiger charge is -2.25. The van der Waals surface area contributed by atoms with Crippen LogP contribution in [0.5, 0.6) is 0 Å². The minimum absolute atomic E-state index is 0.0511. The molecular weight excluding hydrogens is 417 g/mol. The number of hydrogen-bond acceptors (Lipinski definition) is 5. The van der Waals surface area contributed by atoms with Crippen molar-refractivity contribution in [2.75, 3.05) is 18.5 Å². The third-order valence-electron chi connectivity index (χ3n) is 6.60. The summed E-state index contributed by atoms with van der Waals surface area (Å²) in [6, 6.07) is 2.98. The fraction of sp³-hybridized carbons (Fsp3) is 0.609. The number of aromatic nitrogens is 2. The molecule has 2 saturated carbocycles. The van der Waals surface area contributed by atoms with Crippen LogP contribution in [-0.4, -0.2) is 39.5 Å². The van der Waals surface area contributed by atoms with Crippen molar-refractivity contribution < 1.29 is 19.0 Å². The van der Waals surface area contributed by atoms with E-state index in [1.807, 2.05) is 0 Å². The Morgan fingerprint density at radius 3 is 2.47 bits per heavy atom. The van der Waals surface area contributed by atoms with Crippen molar-refractivity contribution in [3.63, 3.8) is 0 Å². The van der Waals surface area contributed by atoms with E-state index >= 15 is 4.39 Å². The quantitative estimate of drug-likeness (QED) is 0.602. The number of halogens is 1. The van der Waals surface area contributed by atoms with Crippen LogP contribution in [0.4, 0.5) is 10.1 Å². The van der Waals surface area contributed by atoms with E-state index in [2.05, 4.69) is 5.32 Å². The number of benzene rings is 1. The standard InChI is InChI=1S/C23H30FN3O5/c24-18-12-17-20(13-19(18)25-15-6-2-1-3-7-15)27(16-8-4-5-9-16)23(31)26(22(17)30)10-11-32-14-21(28)29/h12-13,15-16,25H,1-11,14H2,(H,28,29). The molecule has 2 aliphatic carbocycles. The highest BCUT2D eigenvalue weighted by Gasteiger charge is 2.25. The van der Waals surface area contributed by atoms with E-state index in [0.717, 1.165) is 55.9 Å². The maximum atomic E-state index is 15.0. The van der Waals surface area contributed by atoms with Gasteiger partial charge in [0.05, 0.1) is 29.7 Å². The normalized spacial score (nSPS) is 17.8. The average molecular weight is 448 g/mol. The summed E-state index contributed by atoms with van der Waals surface area (Å²) < 4.78 is 22.7. The minimum Gasteiger partial charge on any atom is -0.480 e. The van der Waals surface area contributed by atoms with Crippen LogP contribution in [0.1, 0.15) is 63.8 Å². The van der Waals surface area contributed by atoms with Crippen molar-refractivity contribution in [1.29, 1.82) is 0 Å². The molecule has 2 aromatic rings. The minimum atomic E-state index is -1.13. The summed E-state index contributed by atoms with van der Waals surface area (Å²) in [5, 5.41) is 12.2. The van der Waals surface area contributed by atoms with Gasteiger partial charge in [-0.1, -0.05) is 32.1 Å². The fourth-order valence-corrected chi connectivity index (χ4v) is 5.00. The summed E-state index contributed by atoms with van der Waals surface area (Å²) in [7, 11) is 0. The molecule has 4 rings (SSSR count). The Morgan fingerprint density at radius 2 is 1.78 bits per heavy atom. The van der Waals surface area contributed by atoms with Crippen LogP contribution in [0.15, 0.2) is 21.7 Å². The summed E-state index contributed by atoms with van der Waals surface area (Å²) in [5.41, 5.74) is -0.253. The molecule has 0 atom stereocenters. The third-order valence-corrected chi connectivity index (χ3v) is 6.60. The molecule has 2 fully saturated rings. The molecule has 0 spiro atoms. The lowest BCUT2D eigenvalue weighted by molar-refractivity contribution is -0.142. The molecule has 1 aromatic heterocycles. The molecule has 1 heterocycles. The average Bonchev–Trinajstić information content (AvgIpc) is 3.29. The number of aliphatic carboxylic acids is 1. The first-order valence-electron chi connectivity index (χ1n) is 11.5. The van der Waals surface area contributed by atoms with Crippen molar-refractivity contribution >= 4 is 22.6 Å². The van der Waals surface area contributed by atoms with Crippen LogP contribution in [0.2, 0.25) is 0 Å². The number of nitrogens with one attached hydrogen (secondary N) is 1. The monoisotopic (exact) mass is 447 g/mol. The summed E-state index contributed by atoms with van der Waals surface area (Å²) in [5.74, 6) is -1.63. The van der Waals surface area contributed by atoms with E-state index in [9.17, 15) is 14.4 Å². The molecule has 8 nitrogen and oxygen atoms in total. The Bertz CT molecular complexity index is 1100. The van der Waals surface area contributed by atoms with E-state index in [4.69, 9.17) is 9.84 Å². The molecule has 2 aliphatic rings. The zero-order valence-corrected chi connectivity index (χ0v) is 18.1. The number of ether oxygens (including phenoxy) is 1. The molecule has 9 heteroatoms. The van der Waals surface area contributed by atoms with Gasteiger partial charge in [-0.3, -0.25) is 13.9 Å². The van der Waals surface area contributed by atoms with E-state index < -0.39 is 29.6 Å². The maximum Gasteiger partial charge on any atom is 0.331 e. The Kier molecular flexibility index (Phi) is 6.93. The van der Waals surface area contributed by atoms with Crippen LogP contribution in [0.25, 0.3) is 10.9 Å². The molecule has 1 aromatic carbocycles. The molecule has 32 heavy (non-hydrogen) atoms. The van der Waals surface area contributed by atoms with Gasteiger partial charge >= 0.3 is 11.7 Å². The van der Waals surface area contributed by atoms with Crippen molar-refractivity contribution in [3.8, 4) is 0 Å². The van der Waals surface area contributed by atoms with Crippen molar-refractivity contribution in [1.82, 2.24) is 9.13 Å². The second-order valence-electron chi connectivity index (χ2n) is 8.82. The Morgan fingerprint density at radius 1 is 1.09 bits per heavy atom. The summed E-state index contributed by atoms with van der Waals surface area (Å²) in [6.45, 7) is -0.692. The Labute approximate surface area is 185 Å². The number of rotatable bonds is 8. The van der Waals surface area contributed by atoms with Gasteiger partial charge in [-0.15, -0.1) is 0 Å². The number of carboxylic acids is 1. The van der Waals surface area contributed by atoms with Gasteiger partial charge in [0, 0.05) is 12.1 Å². The van der Waals surface area contributed by atoms with E-state index in [1.54, 1.807) is 10.6 Å². The number of nitrogens with zero attached hydrogens (tertiary/aromatic N) is 2. The summed E-state index contributed by atoms with van der Waals surface area (Å²) >= 11 is 0. The lowest BCUT2D eigenvalue weighted by atomic mass is 9.95. The van der Waals surface area contributed by atoms with Crippen LogP contribution >= 0.6 is 0 Å². The molecule has 2 N–H and O–H groups in total. The SMILES string of the molecule is O=C(O)COCCn1c(=O)c2cc(F)c(NC3CCCCC3)cc2n(C2CCCC2)c1=O. The Balaban J connectivity index is 1.76. The van der Waals surface area contributed by atoms with Gasteiger partial charge < -0.3 is 15.2 Å². The summed E-state index contributed by atoms with van der Waals surface area (Å²) in [4.78, 5) is 37.1. The van der Waals surface area contributed by atoms with Gasteiger partial charge in [-0.25, -0.2) is 14.0 Å². The third kappa shape index (κ3) is 4.72. The predicted molar refractivity (Wildman–Crippen MR) is 119 cm³/mol. The topological polar surface area (TPSA) is 103 Å². The molecular formula is C23H30FN3O5. The molecule has 0 aliphatic heterocycles. The highest BCUT2D eigenvalue weighted by atomic mass is 19.1. The lowest BCUT2D eigenvalue weighted by Crippen LogP contribution is -2.42. The number of anilines is 1. The van der Waals surface area contributed by atoms with Crippen LogP contribution < -0.4 is 16.6 Å². The van der Waals surface area contributed by atoms with E-state index in [-0.39, 0.29) is 30.6 Å². The molecule has 0 saturated heterocycles. The van der Waals surface area contributed by atoms with Gasteiger partial charge in [-0.05, 0) is 37.8 Å². The van der Waals surface area contributed by atoms with Crippen LogP contribution in [-0.2, 0) is 16.1 Å². The second kappa shape index (κ2) is 9.85. The van der Waals surface area contributed by atoms with Gasteiger partial charge in [0.25, 0.3) is 5.56 Å². The second-order valence-corrected chi connectivity index (χ2v) is 8.82. The highest BCUT2D eigenvalue weighted by molar-refractivity contribution is 5.82. The zero-order valence-electron chi connectivity index (χ0n) is 18.1. The number of hydrogen-bond donors (Lipinski definition) is 2. The largest absolute Gasteiger partial charge is 0.480 e. The first-order chi connectivity index (χ1) is 15.5. The van der Waals surface area contributed by atoms with Crippen molar-refractivity contribution in [2.45, 2.75) is 76.4 Å². The maximum absolute atomic E-state index is 15.0. The molecule has 0 amide bonds. The molecule has 0 unspecified atom stereocenters. The van der Waals surface area contributed by atoms with Gasteiger partial charge in [0.15, 0.2) is 0 Å². The van der Waals surface area contributed by atoms with Crippen molar-refractivity contribution in [3.05, 3.63) is 38.8 Å². The zero-order chi connectivity index (χ0) is 22.7. The summed E-state index contributed by atoms with van der Waals surface area (Å²) in [6.07, 6.45) is 8.99. The first kappa shape index (κ1) is 22.5. The first-order valence-corrected chi connectivity index (χ1v) is 11.5. The number of carbonyl (C=O) groups is 1. The van der Waals surface area contributed by atoms with Gasteiger partial charge in [-0.2, -0.15) is 0 Å². The van der Waals surface area contributed by atoms with Gasteiger partial charge in [0.2, 0.25) is 0 Å². The fourth-order valence-electron chi connectivity index (χ4n) is 5.00. The van der Waals surface area contributed by atoms with Crippen LogP contribution in [0.3, 0.4) is 0 Å². The predicted octanol–water partition coefficient (Wildman–Crippen LogP) is 3.26. The smallest absolute Gasteiger partial charge is 0.331 e. The Hall–Kier alpha value is -2.68. The number of fused-ring (bicyclic) bond motifs is 1. The molecule has 0 bridgehead atoms. The van der Waals surface area contributed by atoms with Gasteiger partial charge in [0.1, 0.15) is 12.4 Å². The molecule has 0 radical (unpaired) electrons. The molecule has 174 valence electrons. The van der Waals surface area contributed by atoms with Crippen LogP contribution in [0, 0.1) is 5.82 Å². The van der Waals surface area contributed by atoms with E-state index in [1.165, 1.54) is 12.5 Å². The highest BCUT2D eigenvalue weighted by Crippen LogP contribution is 2.32. The number of carboxylic acid groups (broad SMARTS) is 1. The van der Waals surface area contributed by atoms with E-state index in [0.29, 0.717) is 11.2 Å².